The predicted octanol–water partition coefficient (Wildman–Crippen LogP) is 1.89. The highest BCUT2D eigenvalue weighted by molar-refractivity contribution is 7.89. The fraction of sp³-hybridized carbons (Fsp3) is 0.133. The predicted molar refractivity (Wildman–Crippen MR) is 83.4 cm³/mol. The topological polar surface area (TPSA) is 86.7 Å². The molecule has 6 nitrogen and oxygen atoms in total. The molecule has 0 unspecified atom stereocenters. The molecule has 0 saturated carbocycles. The Morgan fingerprint density at radius 3 is 2.41 bits per heavy atom. The monoisotopic (exact) mass is 320 g/mol. The number of anilines is 1. The van der Waals surface area contributed by atoms with Crippen LogP contribution in [0.1, 0.15) is 10.4 Å². The van der Waals surface area contributed by atoms with Crippen molar-refractivity contribution in [2.45, 2.75) is 4.90 Å². The number of carbonyl (C=O) groups is 1. The number of phenolic OH excluding ortho intramolecular Hbond substituents is 1. The molecule has 0 bridgehead atoms. The molecule has 0 atom stereocenters. The Hall–Kier alpha value is -2.38. The average molecular weight is 320 g/mol. The average Bonchev–Trinajstić information content (AvgIpc) is 2.47. The molecular formula is C15H16N2O4S. The third-order valence-electron chi connectivity index (χ3n) is 3.02. The van der Waals surface area contributed by atoms with Crippen LogP contribution in [-0.2, 0) is 10.0 Å². The number of benzene rings is 2. The number of amides is 1. The summed E-state index contributed by atoms with van der Waals surface area (Å²) in [6.07, 6.45) is 0. The molecule has 2 N–H and O–H groups in total. The van der Waals surface area contributed by atoms with Gasteiger partial charge in [-0.1, -0.05) is 18.2 Å². The van der Waals surface area contributed by atoms with E-state index in [4.69, 9.17) is 0 Å². The lowest BCUT2D eigenvalue weighted by molar-refractivity contribution is 0.102. The zero-order chi connectivity index (χ0) is 16.3. The van der Waals surface area contributed by atoms with E-state index in [0.29, 0.717) is 5.69 Å². The first kappa shape index (κ1) is 16.0. The van der Waals surface area contributed by atoms with Crippen molar-refractivity contribution >= 4 is 21.6 Å². The summed E-state index contributed by atoms with van der Waals surface area (Å²) in [4.78, 5) is 12.2. The first-order chi connectivity index (χ1) is 10.3. The summed E-state index contributed by atoms with van der Waals surface area (Å²) in [7, 11) is -0.709. The van der Waals surface area contributed by atoms with Gasteiger partial charge in [0.15, 0.2) is 0 Å². The standard InChI is InChI=1S/C15H16N2O4S/c1-17(2)22(20,21)12-7-5-6-11(10-12)16-15(19)13-8-3-4-9-14(13)18/h3-10,18H,1-2H3,(H,16,19). The first-order valence-electron chi connectivity index (χ1n) is 6.44. The van der Waals surface area contributed by atoms with Gasteiger partial charge in [0.25, 0.3) is 5.91 Å². The fourth-order valence-corrected chi connectivity index (χ4v) is 2.76. The highest BCUT2D eigenvalue weighted by Crippen LogP contribution is 2.21. The zero-order valence-electron chi connectivity index (χ0n) is 12.1. The van der Waals surface area contributed by atoms with Gasteiger partial charge >= 0.3 is 0 Å². The van der Waals surface area contributed by atoms with Gasteiger partial charge in [-0.05, 0) is 30.3 Å². The Morgan fingerprint density at radius 2 is 1.77 bits per heavy atom. The first-order valence-corrected chi connectivity index (χ1v) is 7.88. The summed E-state index contributed by atoms with van der Waals surface area (Å²) in [5, 5.41) is 12.2. The van der Waals surface area contributed by atoms with Crippen LogP contribution in [0.4, 0.5) is 5.69 Å². The number of nitrogens with zero attached hydrogens (tertiary/aromatic N) is 1. The lowest BCUT2D eigenvalue weighted by atomic mass is 10.2. The minimum Gasteiger partial charge on any atom is -0.507 e. The van der Waals surface area contributed by atoms with Crippen molar-refractivity contribution < 1.29 is 18.3 Å². The molecule has 0 aliphatic heterocycles. The number of para-hydroxylation sites is 1. The molecule has 22 heavy (non-hydrogen) atoms. The van der Waals surface area contributed by atoms with Gasteiger partial charge in [0.05, 0.1) is 10.5 Å². The van der Waals surface area contributed by atoms with Crippen molar-refractivity contribution in [3.8, 4) is 5.75 Å². The van der Waals surface area contributed by atoms with Crippen molar-refractivity contribution in [1.82, 2.24) is 4.31 Å². The molecule has 0 heterocycles. The highest BCUT2D eigenvalue weighted by atomic mass is 32.2. The molecule has 0 aliphatic carbocycles. The van der Waals surface area contributed by atoms with E-state index in [2.05, 4.69) is 5.32 Å². The van der Waals surface area contributed by atoms with Crippen molar-refractivity contribution in [2.75, 3.05) is 19.4 Å². The minimum absolute atomic E-state index is 0.0765. The van der Waals surface area contributed by atoms with Crippen LogP contribution in [0.15, 0.2) is 53.4 Å². The second-order valence-electron chi connectivity index (χ2n) is 4.79. The third-order valence-corrected chi connectivity index (χ3v) is 4.83. The highest BCUT2D eigenvalue weighted by Gasteiger charge is 2.18. The molecule has 2 aromatic carbocycles. The molecule has 2 rings (SSSR count). The molecule has 116 valence electrons. The van der Waals surface area contributed by atoms with Gasteiger partial charge in [0.2, 0.25) is 10.0 Å². The molecule has 0 aromatic heterocycles. The summed E-state index contributed by atoms with van der Waals surface area (Å²) in [6, 6.07) is 12.0. The van der Waals surface area contributed by atoms with Crippen LogP contribution < -0.4 is 5.32 Å². The van der Waals surface area contributed by atoms with E-state index in [9.17, 15) is 18.3 Å². The molecule has 0 saturated heterocycles. The number of aromatic hydroxyl groups is 1. The zero-order valence-corrected chi connectivity index (χ0v) is 13.0. The van der Waals surface area contributed by atoms with E-state index in [1.807, 2.05) is 0 Å². The maximum Gasteiger partial charge on any atom is 0.259 e. The summed E-state index contributed by atoms with van der Waals surface area (Å²) in [5.74, 6) is -0.658. The summed E-state index contributed by atoms with van der Waals surface area (Å²) >= 11 is 0. The van der Waals surface area contributed by atoms with Crippen molar-refractivity contribution in [3.05, 3.63) is 54.1 Å². The van der Waals surface area contributed by atoms with E-state index in [-0.39, 0.29) is 16.2 Å². The number of phenols is 1. The summed E-state index contributed by atoms with van der Waals surface area (Å²) in [5.41, 5.74) is 0.444. The third kappa shape index (κ3) is 3.26. The molecule has 0 fully saturated rings. The maximum absolute atomic E-state index is 12.1. The van der Waals surface area contributed by atoms with E-state index in [0.717, 1.165) is 4.31 Å². The van der Waals surface area contributed by atoms with Gasteiger partial charge in [0, 0.05) is 19.8 Å². The summed E-state index contributed by atoms with van der Waals surface area (Å²) < 4.78 is 25.2. The largest absolute Gasteiger partial charge is 0.507 e. The molecule has 0 aliphatic rings. The molecular weight excluding hydrogens is 304 g/mol. The van der Waals surface area contributed by atoms with Crippen LogP contribution in [-0.4, -0.2) is 37.8 Å². The molecule has 7 heteroatoms. The van der Waals surface area contributed by atoms with Gasteiger partial charge in [-0.25, -0.2) is 12.7 Å². The Bertz CT molecular complexity index is 801. The number of nitrogens with one attached hydrogen (secondary N) is 1. The van der Waals surface area contributed by atoms with Gasteiger partial charge in [-0.2, -0.15) is 0 Å². The van der Waals surface area contributed by atoms with E-state index < -0.39 is 15.9 Å². The SMILES string of the molecule is CN(C)S(=O)(=O)c1cccc(NC(=O)c2ccccc2O)c1. The lowest BCUT2D eigenvalue weighted by Gasteiger charge is -2.13. The lowest BCUT2D eigenvalue weighted by Crippen LogP contribution is -2.22. The number of hydrogen-bond donors (Lipinski definition) is 2. The normalized spacial score (nSPS) is 11.4. The number of sulfonamides is 1. The molecule has 1 amide bonds. The molecule has 0 radical (unpaired) electrons. The van der Waals surface area contributed by atoms with Crippen LogP contribution >= 0.6 is 0 Å². The second-order valence-corrected chi connectivity index (χ2v) is 6.94. The Kier molecular flexibility index (Phi) is 4.48. The Morgan fingerprint density at radius 1 is 1.09 bits per heavy atom. The van der Waals surface area contributed by atoms with E-state index >= 15 is 0 Å². The van der Waals surface area contributed by atoms with Crippen LogP contribution in [0.2, 0.25) is 0 Å². The minimum atomic E-state index is -3.58. The van der Waals surface area contributed by atoms with Gasteiger partial charge in [0.1, 0.15) is 5.75 Å². The quantitative estimate of drug-likeness (QED) is 0.901. The van der Waals surface area contributed by atoms with Crippen LogP contribution in [0, 0.1) is 0 Å². The van der Waals surface area contributed by atoms with Gasteiger partial charge < -0.3 is 10.4 Å². The van der Waals surface area contributed by atoms with Crippen molar-refractivity contribution in [3.63, 3.8) is 0 Å². The smallest absolute Gasteiger partial charge is 0.259 e. The second kappa shape index (κ2) is 6.17. The van der Waals surface area contributed by atoms with E-state index in [1.165, 1.54) is 44.4 Å². The van der Waals surface area contributed by atoms with Crippen LogP contribution in [0.3, 0.4) is 0 Å². The Balaban J connectivity index is 2.29. The van der Waals surface area contributed by atoms with Gasteiger partial charge in [-0.15, -0.1) is 0 Å². The van der Waals surface area contributed by atoms with Crippen LogP contribution in [0.5, 0.6) is 5.75 Å². The van der Waals surface area contributed by atoms with Gasteiger partial charge in [-0.3, -0.25) is 4.79 Å². The van der Waals surface area contributed by atoms with Crippen molar-refractivity contribution in [2.24, 2.45) is 0 Å². The summed E-state index contributed by atoms with van der Waals surface area (Å²) in [6.45, 7) is 0. The molecule has 0 spiro atoms. The number of hydrogen-bond acceptors (Lipinski definition) is 4. The van der Waals surface area contributed by atoms with E-state index in [1.54, 1.807) is 18.2 Å². The van der Waals surface area contributed by atoms with Crippen LogP contribution in [0.25, 0.3) is 0 Å². The fourth-order valence-electron chi connectivity index (χ4n) is 1.81. The molecule has 2 aromatic rings. The van der Waals surface area contributed by atoms with Crippen molar-refractivity contribution in [1.29, 1.82) is 0 Å². The number of rotatable bonds is 4. The number of carbonyl (C=O) groups excluding carboxylic acids is 1. The maximum atomic E-state index is 12.1. The Labute approximate surface area is 129 Å².